The predicted molar refractivity (Wildman–Crippen MR) is 73.4 cm³/mol. The van der Waals surface area contributed by atoms with Gasteiger partial charge in [0.2, 0.25) is 0 Å². The first kappa shape index (κ1) is 13.9. The van der Waals surface area contributed by atoms with Crippen molar-refractivity contribution >= 4 is 11.7 Å². The average Bonchev–Trinajstić information content (AvgIpc) is 2.44. The highest BCUT2D eigenvalue weighted by molar-refractivity contribution is 5.96. The number of hydrogen-bond donors (Lipinski definition) is 1. The summed E-state index contributed by atoms with van der Waals surface area (Å²) in [4.78, 5) is 11.5. The van der Waals surface area contributed by atoms with Crippen molar-refractivity contribution in [1.29, 1.82) is 0 Å². The Morgan fingerprint density at radius 3 is 2.65 bits per heavy atom. The lowest BCUT2D eigenvalue weighted by Crippen LogP contribution is -2.06. The fraction of sp³-hybridized carbons (Fsp3) is 0.133. The number of aryl methyl sites for hydroxylation is 1. The van der Waals surface area contributed by atoms with Crippen molar-refractivity contribution in [2.24, 2.45) is 0 Å². The van der Waals surface area contributed by atoms with Gasteiger partial charge >= 0.3 is 5.97 Å². The first-order chi connectivity index (χ1) is 9.52. The SMILES string of the molecule is COC(=O)c1cccc(Oc2ccc(C)c(F)c2)c1N. The number of benzene rings is 2. The largest absolute Gasteiger partial charge is 0.465 e. The first-order valence-corrected chi connectivity index (χ1v) is 5.93. The van der Waals surface area contributed by atoms with Gasteiger partial charge in [-0.2, -0.15) is 0 Å². The van der Waals surface area contributed by atoms with Crippen molar-refractivity contribution in [3.8, 4) is 11.5 Å². The van der Waals surface area contributed by atoms with Gasteiger partial charge < -0.3 is 15.2 Å². The molecule has 2 aromatic rings. The van der Waals surface area contributed by atoms with Crippen LogP contribution >= 0.6 is 0 Å². The van der Waals surface area contributed by atoms with E-state index in [1.54, 1.807) is 31.2 Å². The third-order valence-corrected chi connectivity index (χ3v) is 2.84. The summed E-state index contributed by atoms with van der Waals surface area (Å²) in [6.07, 6.45) is 0. The molecule has 0 aromatic heterocycles. The number of esters is 1. The van der Waals surface area contributed by atoms with Gasteiger partial charge in [0.15, 0.2) is 5.75 Å². The Hall–Kier alpha value is -2.56. The van der Waals surface area contributed by atoms with Gasteiger partial charge in [-0.25, -0.2) is 9.18 Å². The molecule has 0 heterocycles. The number of nitrogens with two attached hydrogens (primary N) is 1. The van der Waals surface area contributed by atoms with Crippen LogP contribution in [0.15, 0.2) is 36.4 Å². The lowest BCUT2D eigenvalue weighted by Gasteiger charge is -2.11. The van der Waals surface area contributed by atoms with Crippen LogP contribution in [0.5, 0.6) is 11.5 Å². The van der Waals surface area contributed by atoms with Crippen LogP contribution in [0.4, 0.5) is 10.1 Å². The van der Waals surface area contributed by atoms with E-state index in [4.69, 9.17) is 10.5 Å². The highest BCUT2D eigenvalue weighted by Crippen LogP contribution is 2.31. The second kappa shape index (κ2) is 5.61. The summed E-state index contributed by atoms with van der Waals surface area (Å²) in [5, 5.41) is 0. The van der Waals surface area contributed by atoms with E-state index in [1.807, 2.05) is 0 Å². The minimum absolute atomic E-state index is 0.153. The fourth-order valence-corrected chi connectivity index (χ4v) is 1.69. The van der Waals surface area contributed by atoms with E-state index in [0.717, 1.165) is 0 Å². The molecule has 0 fully saturated rings. The zero-order valence-corrected chi connectivity index (χ0v) is 11.1. The lowest BCUT2D eigenvalue weighted by atomic mass is 10.1. The van der Waals surface area contributed by atoms with Crippen LogP contribution in [-0.4, -0.2) is 13.1 Å². The number of ether oxygens (including phenoxy) is 2. The molecular formula is C15H14FNO3. The zero-order valence-electron chi connectivity index (χ0n) is 11.1. The maximum atomic E-state index is 13.5. The molecule has 2 aromatic carbocycles. The number of methoxy groups -OCH3 is 1. The Labute approximate surface area is 115 Å². The third kappa shape index (κ3) is 2.71. The minimum atomic E-state index is -0.553. The minimum Gasteiger partial charge on any atom is -0.465 e. The molecule has 4 nitrogen and oxygen atoms in total. The smallest absolute Gasteiger partial charge is 0.340 e. The molecular weight excluding hydrogens is 261 g/mol. The van der Waals surface area contributed by atoms with Gasteiger partial charge in [-0.05, 0) is 30.7 Å². The molecule has 0 spiro atoms. The van der Waals surface area contributed by atoms with Crippen LogP contribution < -0.4 is 10.5 Å². The summed E-state index contributed by atoms with van der Waals surface area (Å²) in [5.41, 5.74) is 6.74. The van der Waals surface area contributed by atoms with Gasteiger partial charge in [0, 0.05) is 6.07 Å². The molecule has 0 aliphatic carbocycles. The van der Waals surface area contributed by atoms with Crippen molar-refractivity contribution in [2.45, 2.75) is 6.92 Å². The van der Waals surface area contributed by atoms with Crippen LogP contribution in [0, 0.1) is 12.7 Å². The van der Waals surface area contributed by atoms with Crippen LogP contribution in [0.2, 0.25) is 0 Å². The van der Waals surface area contributed by atoms with Gasteiger partial charge in [-0.3, -0.25) is 0 Å². The molecule has 104 valence electrons. The predicted octanol–water partition coefficient (Wildman–Crippen LogP) is 3.30. The highest BCUT2D eigenvalue weighted by Gasteiger charge is 2.14. The Morgan fingerprint density at radius 1 is 1.25 bits per heavy atom. The Balaban J connectivity index is 2.34. The normalized spacial score (nSPS) is 10.2. The molecule has 2 rings (SSSR count). The highest BCUT2D eigenvalue weighted by atomic mass is 19.1. The number of carbonyl (C=O) groups is 1. The number of carbonyl (C=O) groups excluding carboxylic acids is 1. The second-order valence-electron chi connectivity index (χ2n) is 4.22. The fourth-order valence-electron chi connectivity index (χ4n) is 1.69. The van der Waals surface area contributed by atoms with E-state index in [0.29, 0.717) is 11.3 Å². The van der Waals surface area contributed by atoms with E-state index < -0.39 is 5.97 Å². The Kier molecular flexibility index (Phi) is 3.89. The number of halogens is 1. The van der Waals surface area contributed by atoms with E-state index in [-0.39, 0.29) is 22.8 Å². The maximum absolute atomic E-state index is 13.5. The van der Waals surface area contributed by atoms with Crippen molar-refractivity contribution in [1.82, 2.24) is 0 Å². The number of rotatable bonds is 3. The van der Waals surface area contributed by atoms with E-state index >= 15 is 0 Å². The van der Waals surface area contributed by atoms with E-state index in [9.17, 15) is 9.18 Å². The van der Waals surface area contributed by atoms with E-state index in [2.05, 4.69) is 4.74 Å². The molecule has 5 heteroatoms. The summed E-state index contributed by atoms with van der Waals surface area (Å²) in [5.74, 6) is -0.341. The molecule has 0 bridgehead atoms. The quantitative estimate of drug-likeness (QED) is 0.689. The molecule has 0 amide bonds. The number of anilines is 1. The Morgan fingerprint density at radius 2 is 2.00 bits per heavy atom. The Bertz CT molecular complexity index is 656. The van der Waals surface area contributed by atoms with Crippen LogP contribution in [-0.2, 0) is 4.74 Å². The zero-order chi connectivity index (χ0) is 14.7. The van der Waals surface area contributed by atoms with Crippen molar-refractivity contribution < 1.29 is 18.7 Å². The molecule has 0 radical (unpaired) electrons. The van der Waals surface area contributed by atoms with Gasteiger partial charge in [-0.15, -0.1) is 0 Å². The topological polar surface area (TPSA) is 61.5 Å². The summed E-state index contributed by atoms with van der Waals surface area (Å²) in [6.45, 7) is 1.66. The van der Waals surface area contributed by atoms with Gasteiger partial charge in [-0.1, -0.05) is 12.1 Å². The summed E-state index contributed by atoms with van der Waals surface area (Å²) in [7, 11) is 1.27. The maximum Gasteiger partial charge on any atom is 0.340 e. The summed E-state index contributed by atoms with van der Waals surface area (Å²) >= 11 is 0. The third-order valence-electron chi connectivity index (χ3n) is 2.84. The summed E-state index contributed by atoms with van der Waals surface area (Å²) < 4.78 is 23.6. The first-order valence-electron chi connectivity index (χ1n) is 5.93. The second-order valence-corrected chi connectivity index (χ2v) is 4.22. The molecule has 0 saturated heterocycles. The molecule has 0 atom stereocenters. The van der Waals surface area contributed by atoms with Crippen LogP contribution in [0.25, 0.3) is 0 Å². The van der Waals surface area contributed by atoms with Crippen LogP contribution in [0.1, 0.15) is 15.9 Å². The lowest BCUT2D eigenvalue weighted by molar-refractivity contribution is 0.0601. The van der Waals surface area contributed by atoms with Crippen molar-refractivity contribution in [2.75, 3.05) is 12.8 Å². The molecule has 20 heavy (non-hydrogen) atoms. The average molecular weight is 275 g/mol. The van der Waals surface area contributed by atoms with Crippen molar-refractivity contribution in [3.63, 3.8) is 0 Å². The number of nitrogen functional groups attached to an aromatic ring is 1. The van der Waals surface area contributed by atoms with Crippen molar-refractivity contribution in [3.05, 3.63) is 53.3 Å². The standard InChI is InChI=1S/C15H14FNO3/c1-9-6-7-10(8-12(9)16)20-13-5-3-4-11(14(13)17)15(18)19-2/h3-8H,17H2,1-2H3. The van der Waals surface area contributed by atoms with Gasteiger partial charge in [0.05, 0.1) is 18.4 Å². The monoisotopic (exact) mass is 275 g/mol. The molecule has 0 saturated carbocycles. The molecule has 0 aliphatic rings. The van der Waals surface area contributed by atoms with Gasteiger partial charge in [0.25, 0.3) is 0 Å². The molecule has 0 unspecified atom stereocenters. The van der Waals surface area contributed by atoms with Crippen LogP contribution in [0.3, 0.4) is 0 Å². The van der Waals surface area contributed by atoms with Gasteiger partial charge in [0.1, 0.15) is 11.6 Å². The summed E-state index contributed by atoms with van der Waals surface area (Å²) in [6, 6.07) is 9.24. The number of para-hydroxylation sites is 1. The number of hydrogen-bond acceptors (Lipinski definition) is 4. The molecule has 0 aliphatic heterocycles. The van der Waals surface area contributed by atoms with E-state index in [1.165, 1.54) is 19.2 Å². The molecule has 2 N–H and O–H groups in total.